The highest BCUT2D eigenvalue weighted by atomic mass is 19.1. The highest BCUT2D eigenvalue weighted by Crippen LogP contribution is 2.53. The van der Waals surface area contributed by atoms with Crippen LogP contribution >= 0.6 is 0 Å². The van der Waals surface area contributed by atoms with Gasteiger partial charge in [-0.1, -0.05) is 0 Å². The van der Waals surface area contributed by atoms with E-state index in [4.69, 9.17) is 5.11 Å². The minimum absolute atomic E-state index is 0.0844. The van der Waals surface area contributed by atoms with Gasteiger partial charge in [0.05, 0.1) is 5.41 Å². The molecule has 0 aromatic heterocycles. The smallest absolute Gasteiger partial charge is 0.314 e. The molecule has 0 radical (unpaired) electrons. The van der Waals surface area contributed by atoms with Crippen molar-refractivity contribution < 1.29 is 19.4 Å². The summed E-state index contributed by atoms with van der Waals surface area (Å²) in [5.74, 6) is -1.53. The summed E-state index contributed by atoms with van der Waals surface area (Å²) in [5.41, 5.74) is -0.202. The van der Waals surface area contributed by atoms with Crippen LogP contribution in [0.5, 0.6) is 5.75 Å². The number of carbonyl (C=O) groups is 1. The van der Waals surface area contributed by atoms with Gasteiger partial charge in [0.1, 0.15) is 11.6 Å². The lowest BCUT2D eigenvalue weighted by molar-refractivity contribution is -0.140. The summed E-state index contributed by atoms with van der Waals surface area (Å²) in [5, 5.41) is 19.1. The number of benzene rings is 1. The molecule has 0 aliphatic heterocycles. The van der Waals surface area contributed by atoms with Crippen LogP contribution in [0.1, 0.15) is 29.5 Å². The van der Waals surface area contributed by atoms with Crippen LogP contribution in [0.4, 0.5) is 4.39 Å². The van der Waals surface area contributed by atoms with E-state index in [2.05, 4.69) is 0 Å². The second-order valence-electron chi connectivity index (χ2n) is 4.41. The number of aliphatic carboxylic acids is 1. The lowest BCUT2D eigenvalue weighted by Crippen LogP contribution is -2.21. The molecule has 1 aromatic rings. The summed E-state index contributed by atoms with van der Waals surface area (Å²) in [6.07, 6.45) is 0.916. The van der Waals surface area contributed by atoms with E-state index in [1.807, 2.05) is 0 Å². The molecular formula is C12H13FO3. The zero-order chi connectivity index (χ0) is 12.1. The number of aromatic hydroxyl groups is 1. The van der Waals surface area contributed by atoms with Gasteiger partial charge in [-0.2, -0.15) is 0 Å². The molecule has 2 N–H and O–H groups in total. The predicted octanol–water partition coefficient (Wildman–Crippen LogP) is 2.26. The Labute approximate surface area is 92.5 Å². The topological polar surface area (TPSA) is 57.5 Å². The van der Waals surface area contributed by atoms with Gasteiger partial charge in [0.15, 0.2) is 0 Å². The molecule has 1 aliphatic carbocycles. The van der Waals surface area contributed by atoms with Crippen molar-refractivity contribution in [2.45, 2.75) is 32.1 Å². The predicted molar refractivity (Wildman–Crippen MR) is 56.1 cm³/mol. The van der Waals surface area contributed by atoms with E-state index in [1.165, 1.54) is 13.0 Å². The second-order valence-corrected chi connectivity index (χ2v) is 4.41. The summed E-state index contributed by atoms with van der Waals surface area (Å²) in [6, 6.07) is 1.23. The first-order chi connectivity index (χ1) is 7.40. The summed E-state index contributed by atoms with van der Waals surface area (Å²) in [4.78, 5) is 11.2. The minimum atomic E-state index is -1.07. The fourth-order valence-corrected chi connectivity index (χ4v) is 2.14. The second kappa shape index (κ2) is 3.20. The van der Waals surface area contributed by atoms with E-state index in [1.54, 1.807) is 6.92 Å². The maximum absolute atomic E-state index is 13.5. The zero-order valence-corrected chi connectivity index (χ0v) is 9.17. The Morgan fingerprint density at radius 3 is 2.44 bits per heavy atom. The Morgan fingerprint density at radius 2 is 2.00 bits per heavy atom. The van der Waals surface area contributed by atoms with Gasteiger partial charge < -0.3 is 10.2 Å². The molecule has 0 heterocycles. The van der Waals surface area contributed by atoms with Gasteiger partial charge in [0.2, 0.25) is 0 Å². The van der Waals surface area contributed by atoms with Crippen molar-refractivity contribution in [2.24, 2.45) is 0 Å². The van der Waals surface area contributed by atoms with Crippen molar-refractivity contribution in [1.29, 1.82) is 0 Å². The first kappa shape index (κ1) is 10.9. The lowest BCUT2D eigenvalue weighted by atomic mass is 9.89. The van der Waals surface area contributed by atoms with Crippen LogP contribution in [0.3, 0.4) is 0 Å². The Morgan fingerprint density at radius 1 is 1.44 bits per heavy atom. The number of hydrogen-bond donors (Lipinski definition) is 2. The molecule has 1 saturated carbocycles. The number of hydrogen-bond acceptors (Lipinski definition) is 2. The molecule has 86 valence electrons. The molecule has 0 saturated heterocycles. The number of aryl methyl sites for hydroxylation is 1. The molecule has 16 heavy (non-hydrogen) atoms. The molecule has 0 unspecified atom stereocenters. The SMILES string of the molecule is Cc1cc(F)c(C)c(C2(C(=O)O)CC2)c1O. The van der Waals surface area contributed by atoms with Crippen LogP contribution < -0.4 is 0 Å². The normalized spacial score (nSPS) is 17.2. The first-order valence-electron chi connectivity index (χ1n) is 5.12. The van der Waals surface area contributed by atoms with Crippen LogP contribution in [-0.2, 0) is 10.2 Å². The maximum atomic E-state index is 13.5. The Hall–Kier alpha value is -1.58. The molecule has 2 rings (SSSR count). The van der Waals surface area contributed by atoms with E-state index in [-0.39, 0.29) is 16.9 Å². The summed E-state index contributed by atoms with van der Waals surface area (Å²) in [7, 11) is 0. The minimum Gasteiger partial charge on any atom is -0.507 e. The molecule has 0 atom stereocenters. The summed E-state index contributed by atoms with van der Waals surface area (Å²) < 4.78 is 13.5. The third kappa shape index (κ3) is 1.29. The molecule has 3 nitrogen and oxygen atoms in total. The van der Waals surface area contributed by atoms with Crippen LogP contribution in [0.15, 0.2) is 6.07 Å². The van der Waals surface area contributed by atoms with Crippen molar-refractivity contribution >= 4 is 5.97 Å². The number of carboxylic acid groups (broad SMARTS) is 1. The highest BCUT2D eigenvalue weighted by molar-refractivity contribution is 5.86. The molecule has 0 spiro atoms. The fraction of sp³-hybridized carbons (Fsp3) is 0.417. The van der Waals surface area contributed by atoms with Crippen molar-refractivity contribution in [3.8, 4) is 5.75 Å². The third-order valence-corrected chi connectivity index (χ3v) is 3.32. The van der Waals surface area contributed by atoms with Gasteiger partial charge in [-0.05, 0) is 43.9 Å². The number of halogens is 1. The number of phenols is 1. The van der Waals surface area contributed by atoms with Crippen LogP contribution in [-0.4, -0.2) is 16.2 Å². The molecule has 4 heteroatoms. The van der Waals surface area contributed by atoms with Gasteiger partial charge in [-0.15, -0.1) is 0 Å². The average molecular weight is 224 g/mol. The molecule has 1 aromatic carbocycles. The Balaban J connectivity index is 2.70. The standard InChI is InChI=1S/C12H13FO3/c1-6-5-8(13)7(2)9(10(6)14)12(3-4-12)11(15)16/h5,14H,3-4H2,1-2H3,(H,15,16). The van der Waals surface area contributed by atoms with E-state index >= 15 is 0 Å². The molecule has 1 fully saturated rings. The first-order valence-corrected chi connectivity index (χ1v) is 5.12. The maximum Gasteiger partial charge on any atom is 0.314 e. The van der Waals surface area contributed by atoms with Crippen LogP contribution in [0.25, 0.3) is 0 Å². The number of carboxylic acids is 1. The van der Waals surface area contributed by atoms with Crippen molar-refractivity contribution in [1.82, 2.24) is 0 Å². The van der Waals surface area contributed by atoms with Gasteiger partial charge in [0.25, 0.3) is 0 Å². The zero-order valence-electron chi connectivity index (χ0n) is 9.17. The largest absolute Gasteiger partial charge is 0.507 e. The lowest BCUT2D eigenvalue weighted by Gasteiger charge is -2.17. The summed E-state index contributed by atoms with van der Waals surface area (Å²) >= 11 is 0. The van der Waals surface area contributed by atoms with Crippen LogP contribution in [0.2, 0.25) is 0 Å². The quantitative estimate of drug-likeness (QED) is 0.810. The summed E-state index contributed by atoms with van der Waals surface area (Å²) in [6.45, 7) is 3.08. The number of phenolic OH excluding ortho intramolecular Hbond substituents is 1. The number of rotatable bonds is 2. The van der Waals surface area contributed by atoms with Crippen molar-refractivity contribution in [3.63, 3.8) is 0 Å². The van der Waals surface area contributed by atoms with Crippen molar-refractivity contribution in [2.75, 3.05) is 0 Å². The molecule has 1 aliphatic rings. The van der Waals surface area contributed by atoms with E-state index in [9.17, 15) is 14.3 Å². The van der Waals surface area contributed by atoms with Gasteiger partial charge in [-0.3, -0.25) is 4.79 Å². The Bertz CT molecular complexity index is 449. The average Bonchev–Trinajstić information content (AvgIpc) is 2.97. The monoisotopic (exact) mass is 224 g/mol. The fourth-order valence-electron chi connectivity index (χ4n) is 2.14. The highest BCUT2D eigenvalue weighted by Gasteiger charge is 2.54. The molecule has 0 amide bonds. The van der Waals surface area contributed by atoms with Gasteiger partial charge in [0, 0.05) is 5.56 Å². The van der Waals surface area contributed by atoms with E-state index < -0.39 is 17.2 Å². The van der Waals surface area contributed by atoms with E-state index in [0.29, 0.717) is 18.4 Å². The molecular weight excluding hydrogens is 211 g/mol. The third-order valence-electron chi connectivity index (χ3n) is 3.32. The van der Waals surface area contributed by atoms with Gasteiger partial charge >= 0.3 is 5.97 Å². The van der Waals surface area contributed by atoms with Crippen molar-refractivity contribution in [3.05, 3.63) is 28.6 Å². The van der Waals surface area contributed by atoms with Gasteiger partial charge in [-0.25, -0.2) is 4.39 Å². The molecule has 0 bridgehead atoms. The van der Waals surface area contributed by atoms with Crippen LogP contribution in [0, 0.1) is 19.7 Å². The van der Waals surface area contributed by atoms with E-state index in [0.717, 1.165) is 0 Å². The Kier molecular flexibility index (Phi) is 2.19.